The second-order valence-corrected chi connectivity index (χ2v) is 14.1. The molecule has 0 radical (unpaired) electrons. The molecule has 2 bridgehead atoms. The lowest BCUT2D eigenvalue weighted by molar-refractivity contribution is 0.643. The van der Waals surface area contributed by atoms with E-state index >= 15 is 0 Å². The smallest absolute Gasteiger partial charge is 0.164 e. The second-order valence-electron chi connectivity index (χ2n) is 14.1. The lowest BCUT2D eigenvalue weighted by Crippen LogP contribution is -2.18. The SMILES string of the molecule is Cc1c(-c2nc3cccnc3n2-c2ccccc2)c(C)c(-c2nc3cccnc3n2-c2ccccc2)c2c1-c1nc3cccnc3n1C1=CC=CC(C1)C2. The molecule has 1 aliphatic carbocycles. The highest BCUT2D eigenvalue weighted by Gasteiger charge is 2.34. The van der Waals surface area contributed by atoms with Crippen molar-refractivity contribution in [1.82, 2.24) is 43.6 Å². The first kappa shape index (κ1) is 30.6. The van der Waals surface area contributed by atoms with Crippen LogP contribution in [0.5, 0.6) is 0 Å². The molecule has 0 fully saturated rings. The Labute approximate surface area is 310 Å². The highest BCUT2D eigenvalue weighted by atomic mass is 15.2. The molecule has 0 saturated carbocycles. The third kappa shape index (κ3) is 4.44. The van der Waals surface area contributed by atoms with Crippen LogP contribution in [0.1, 0.15) is 23.1 Å². The molecule has 1 aliphatic heterocycles. The van der Waals surface area contributed by atoms with Crippen LogP contribution in [-0.2, 0) is 6.42 Å². The maximum atomic E-state index is 5.44. The fourth-order valence-electron chi connectivity index (χ4n) is 8.71. The average molecular weight is 700 g/mol. The minimum atomic E-state index is 0.257. The zero-order chi connectivity index (χ0) is 35.9. The van der Waals surface area contributed by atoms with Gasteiger partial charge < -0.3 is 0 Å². The van der Waals surface area contributed by atoms with E-state index < -0.39 is 0 Å². The molecular weight excluding hydrogens is 667 g/mol. The Hall–Kier alpha value is -7.00. The number of hydrogen-bond donors (Lipinski definition) is 0. The third-order valence-corrected chi connectivity index (χ3v) is 10.9. The summed E-state index contributed by atoms with van der Waals surface area (Å²) in [6, 6.07) is 32.8. The van der Waals surface area contributed by atoms with Gasteiger partial charge in [0.1, 0.15) is 34.0 Å². The summed E-state index contributed by atoms with van der Waals surface area (Å²) >= 11 is 0. The van der Waals surface area contributed by atoms with Crippen molar-refractivity contribution in [2.24, 2.45) is 5.92 Å². The number of nitrogens with zero attached hydrogens (tertiary/aromatic N) is 9. The summed E-state index contributed by atoms with van der Waals surface area (Å²) in [5, 5.41) is 0. The largest absolute Gasteiger partial charge is 0.281 e. The van der Waals surface area contributed by atoms with Gasteiger partial charge in [0.05, 0.1) is 0 Å². The maximum Gasteiger partial charge on any atom is 0.164 e. The molecule has 54 heavy (non-hydrogen) atoms. The van der Waals surface area contributed by atoms with Crippen molar-refractivity contribution >= 4 is 39.2 Å². The van der Waals surface area contributed by atoms with Crippen LogP contribution < -0.4 is 0 Å². The molecule has 0 spiro atoms. The van der Waals surface area contributed by atoms with Crippen molar-refractivity contribution in [1.29, 1.82) is 0 Å². The molecule has 11 rings (SSSR count). The molecule has 9 heteroatoms. The van der Waals surface area contributed by atoms with Gasteiger partial charge in [0.15, 0.2) is 16.9 Å². The predicted molar refractivity (Wildman–Crippen MR) is 213 cm³/mol. The van der Waals surface area contributed by atoms with Crippen LogP contribution in [-0.4, -0.2) is 43.6 Å². The van der Waals surface area contributed by atoms with Crippen LogP contribution in [0.2, 0.25) is 0 Å². The van der Waals surface area contributed by atoms with E-state index in [0.717, 1.165) is 103 Å². The average Bonchev–Trinajstić information content (AvgIpc) is 3.90. The normalized spacial score (nSPS) is 14.9. The molecule has 9 aromatic rings. The quantitative estimate of drug-likeness (QED) is 0.182. The van der Waals surface area contributed by atoms with Gasteiger partial charge in [-0.15, -0.1) is 0 Å². The Kier molecular flexibility index (Phi) is 6.67. The maximum absolute atomic E-state index is 5.44. The van der Waals surface area contributed by atoms with E-state index in [4.69, 9.17) is 29.9 Å². The molecule has 0 amide bonds. The van der Waals surface area contributed by atoms with Gasteiger partial charge in [-0.25, -0.2) is 29.9 Å². The number of hydrogen-bond acceptors (Lipinski definition) is 6. The van der Waals surface area contributed by atoms with Crippen molar-refractivity contribution in [2.75, 3.05) is 0 Å². The minimum absolute atomic E-state index is 0.257. The number of rotatable bonds is 4. The number of benzene rings is 3. The van der Waals surface area contributed by atoms with Gasteiger partial charge in [0.25, 0.3) is 0 Å². The molecule has 1 unspecified atom stereocenters. The van der Waals surface area contributed by atoms with E-state index in [-0.39, 0.29) is 5.92 Å². The highest BCUT2D eigenvalue weighted by Crippen LogP contribution is 2.49. The molecule has 1 atom stereocenters. The summed E-state index contributed by atoms with van der Waals surface area (Å²) in [6.07, 6.45) is 14.0. The summed E-state index contributed by atoms with van der Waals surface area (Å²) in [7, 11) is 0. The Morgan fingerprint density at radius 2 is 0.963 bits per heavy atom. The van der Waals surface area contributed by atoms with Crippen LogP contribution in [0.25, 0.3) is 84.7 Å². The Morgan fingerprint density at radius 1 is 0.500 bits per heavy atom. The topological polar surface area (TPSA) is 92.1 Å². The molecule has 3 aromatic carbocycles. The van der Waals surface area contributed by atoms with Crippen molar-refractivity contribution in [3.8, 4) is 45.5 Å². The number of para-hydroxylation sites is 2. The number of imidazole rings is 3. The zero-order valence-electron chi connectivity index (χ0n) is 29.7. The number of pyridine rings is 3. The lowest BCUT2D eigenvalue weighted by atomic mass is 9.79. The number of allylic oxidation sites excluding steroid dienone is 4. The van der Waals surface area contributed by atoms with Crippen molar-refractivity contribution in [3.63, 3.8) is 0 Å². The van der Waals surface area contributed by atoms with Gasteiger partial charge in [-0.3, -0.25) is 13.7 Å². The Balaban J connectivity index is 1.35. The predicted octanol–water partition coefficient (Wildman–Crippen LogP) is 9.49. The van der Waals surface area contributed by atoms with Gasteiger partial charge in [-0.1, -0.05) is 48.6 Å². The molecule has 258 valence electrons. The first-order valence-electron chi connectivity index (χ1n) is 18.3. The van der Waals surface area contributed by atoms with E-state index in [9.17, 15) is 0 Å². The van der Waals surface area contributed by atoms with Gasteiger partial charge in [0, 0.05) is 52.4 Å². The standard InChI is InChI=1S/C45H33N9/c1-27-37(43-49-34-19-10-22-46-40(34)52(43)30-14-5-3-6-15-30)28(2)39-33(26-29-13-9-18-32(25-29)54-42-36(51-45(39)54)21-12-24-48-42)38(27)44-50-35-20-11-23-47-41(35)53(44)31-16-7-4-8-17-31/h3-24,29H,25-26H2,1-2H3. The molecule has 9 nitrogen and oxygen atoms in total. The molecule has 7 heterocycles. The van der Waals surface area contributed by atoms with Gasteiger partial charge in [-0.2, -0.15) is 0 Å². The third-order valence-electron chi connectivity index (χ3n) is 10.9. The summed E-state index contributed by atoms with van der Waals surface area (Å²) in [4.78, 5) is 30.9. The second kappa shape index (κ2) is 11.8. The Morgan fingerprint density at radius 3 is 1.48 bits per heavy atom. The fraction of sp³-hybridized carbons (Fsp3) is 0.111. The van der Waals surface area contributed by atoms with Crippen LogP contribution in [0, 0.1) is 19.8 Å². The van der Waals surface area contributed by atoms with E-state index in [0.29, 0.717) is 0 Å². The van der Waals surface area contributed by atoms with Crippen LogP contribution >= 0.6 is 0 Å². The first-order chi connectivity index (χ1) is 26.6. The van der Waals surface area contributed by atoms with Crippen LogP contribution in [0.3, 0.4) is 0 Å². The first-order valence-corrected chi connectivity index (χ1v) is 18.3. The fourth-order valence-corrected chi connectivity index (χ4v) is 8.71. The van der Waals surface area contributed by atoms with Crippen molar-refractivity contribution in [3.05, 3.63) is 151 Å². The van der Waals surface area contributed by atoms with E-state index in [2.05, 4.69) is 100 Å². The molecule has 6 aromatic heterocycles. The number of fused-ring (bicyclic) bond motifs is 10. The molecule has 0 saturated heterocycles. The van der Waals surface area contributed by atoms with E-state index in [1.54, 1.807) is 0 Å². The molecule has 2 aliphatic rings. The summed E-state index contributed by atoms with van der Waals surface area (Å²) < 4.78 is 6.68. The monoisotopic (exact) mass is 699 g/mol. The zero-order valence-corrected chi connectivity index (χ0v) is 29.7. The molecular formula is C45H33N9. The number of aromatic nitrogens is 9. The van der Waals surface area contributed by atoms with Gasteiger partial charge in [0.2, 0.25) is 0 Å². The molecule has 0 N–H and O–H groups in total. The summed E-state index contributed by atoms with van der Waals surface area (Å²) in [5.74, 6) is 2.78. The Bertz CT molecular complexity index is 3020. The van der Waals surface area contributed by atoms with Gasteiger partial charge >= 0.3 is 0 Å². The van der Waals surface area contributed by atoms with Crippen molar-refractivity contribution < 1.29 is 0 Å². The van der Waals surface area contributed by atoms with Crippen LogP contribution in [0.15, 0.2) is 134 Å². The van der Waals surface area contributed by atoms with Crippen LogP contribution in [0.4, 0.5) is 0 Å². The van der Waals surface area contributed by atoms with Crippen molar-refractivity contribution in [2.45, 2.75) is 26.7 Å². The van der Waals surface area contributed by atoms with E-state index in [1.165, 1.54) is 11.3 Å². The highest BCUT2D eigenvalue weighted by molar-refractivity contribution is 5.95. The summed E-state index contributed by atoms with van der Waals surface area (Å²) in [5.41, 5.74) is 14.7. The summed E-state index contributed by atoms with van der Waals surface area (Å²) in [6.45, 7) is 4.46. The van der Waals surface area contributed by atoms with Gasteiger partial charge in [-0.05, 0) is 116 Å². The lowest BCUT2D eigenvalue weighted by Gasteiger charge is -2.30. The minimum Gasteiger partial charge on any atom is -0.281 e. The van der Waals surface area contributed by atoms with E-state index in [1.807, 2.05) is 61.1 Å².